The lowest BCUT2D eigenvalue weighted by Gasteiger charge is -2.29. The Balaban J connectivity index is 5.77. The van der Waals surface area contributed by atoms with E-state index < -0.39 is 139 Å². The van der Waals surface area contributed by atoms with E-state index >= 15 is 0 Å². The standard InChI is InChI=1S/C40H73N9O12/c1-12-22(9)31(46-28(52)16-42-35(55)27(18-50)45-34(54)25(41)14-19(3)4)37(57)43-17-29(53)47-32(23(10)13-2)38(58)44-26(15-20(5)6)36(56)49-33(24(11)51)39(59)48-30(21(7)8)40(60)61/h19-27,30-33,50-51H,12-18,41H2,1-11H3,(H,42,55)(H,43,57)(H,44,58)(H,45,54)(H,46,52)(H,47,53)(H,48,59)(H,49,56)(H,60,61). The molecule has 0 aromatic carbocycles. The monoisotopic (exact) mass is 872 g/mol. The highest BCUT2D eigenvalue weighted by Gasteiger charge is 2.36. The van der Waals surface area contributed by atoms with Crippen LogP contribution in [0.2, 0.25) is 0 Å². The quantitative estimate of drug-likeness (QED) is 0.0396. The van der Waals surface area contributed by atoms with Gasteiger partial charge in [-0.25, -0.2) is 4.79 Å². The van der Waals surface area contributed by atoms with E-state index in [1.807, 2.05) is 13.8 Å². The molecule has 0 radical (unpaired) electrons. The van der Waals surface area contributed by atoms with Gasteiger partial charge < -0.3 is 63.6 Å². The number of nitrogens with two attached hydrogens (primary N) is 1. The van der Waals surface area contributed by atoms with Gasteiger partial charge in [-0.05, 0) is 49.4 Å². The third-order valence-electron chi connectivity index (χ3n) is 9.98. The van der Waals surface area contributed by atoms with E-state index in [2.05, 4.69) is 42.5 Å². The smallest absolute Gasteiger partial charge is 0.326 e. The molecule has 0 aliphatic carbocycles. The molecule has 21 heteroatoms. The summed E-state index contributed by atoms with van der Waals surface area (Å²) >= 11 is 0. The van der Waals surface area contributed by atoms with Crippen LogP contribution in [0.5, 0.6) is 0 Å². The van der Waals surface area contributed by atoms with Gasteiger partial charge in [-0.1, -0.05) is 82.1 Å². The van der Waals surface area contributed by atoms with Crippen molar-refractivity contribution >= 4 is 53.2 Å². The maximum Gasteiger partial charge on any atom is 0.326 e. The van der Waals surface area contributed by atoms with Crippen molar-refractivity contribution < 1.29 is 58.5 Å². The largest absolute Gasteiger partial charge is 0.480 e. The predicted molar refractivity (Wildman–Crippen MR) is 225 cm³/mol. The number of amides is 8. The van der Waals surface area contributed by atoms with Gasteiger partial charge >= 0.3 is 5.97 Å². The van der Waals surface area contributed by atoms with E-state index in [-0.39, 0.29) is 18.3 Å². The Morgan fingerprint density at radius 1 is 0.508 bits per heavy atom. The second kappa shape index (κ2) is 27.9. The van der Waals surface area contributed by atoms with Crippen LogP contribution in [0.25, 0.3) is 0 Å². The third kappa shape index (κ3) is 20.5. The highest BCUT2D eigenvalue weighted by Crippen LogP contribution is 2.13. The number of hydrogen-bond donors (Lipinski definition) is 12. The van der Waals surface area contributed by atoms with Crippen molar-refractivity contribution in [3.63, 3.8) is 0 Å². The van der Waals surface area contributed by atoms with Crippen molar-refractivity contribution in [3.8, 4) is 0 Å². The molecule has 0 spiro atoms. The molecule has 0 saturated carbocycles. The zero-order chi connectivity index (χ0) is 47.3. The molecule has 0 aliphatic rings. The van der Waals surface area contributed by atoms with Gasteiger partial charge in [-0.2, -0.15) is 0 Å². The molecule has 0 aromatic heterocycles. The molecule has 10 unspecified atom stereocenters. The number of rotatable bonds is 28. The molecule has 0 aromatic rings. The van der Waals surface area contributed by atoms with Crippen LogP contribution in [0.15, 0.2) is 0 Å². The molecule has 8 amide bonds. The van der Waals surface area contributed by atoms with Crippen LogP contribution in [-0.2, 0) is 43.2 Å². The number of aliphatic hydroxyl groups excluding tert-OH is 2. The van der Waals surface area contributed by atoms with Crippen LogP contribution in [0, 0.1) is 29.6 Å². The zero-order valence-electron chi connectivity index (χ0n) is 37.5. The first kappa shape index (κ1) is 56.1. The van der Waals surface area contributed by atoms with Crippen molar-refractivity contribution in [2.45, 2.75) is 150 Å². The van der Waals surface area contributed by atoms with Crippen molar-refractivity contribution in [1.82, 2.24) is 42.5 Å². The summed E-state index contributed by atoms with van der Waals surface area (Å²) in [4.78, 5) is 116. The molecule has 0 fully saturated rings. The molecule has 13 N–H and O–H groups in total. The van der Waals surface area contributed by atoms with Crippen molar-refractivity contribution in [3.05, 3.63) is 0 Å². The summed E-state index contributed by atoms with van der Waals surface area (Å²) in [5, 5.41) is 49.1. The van der Waals surface area contributed by atoms with Crippen LogP contribution in [0.3, 0.4) is 0 Å². The van der Waals surface area contributed by atoms with E-state index in [4.69, 9.17) is 5.73 Å². The first-order chi connectivity index (χ1) is 28.3. The van der Waals surface area contributed by atoms with E-state index in [9.17, 15) is 58.5 Å². The minimum atomic E-state index is -1.56. The predicted octanol–water partition coefficient (Wildman–Crippen LogP) is -2.25. The summed E-state index contributed by atoms with van der Waals surface area (Å²) in [5.41, 5.74) is 5.85. The third-order valence-corrected chi connectivity index (χ3v) is 9.98. The van der Waals surface area contributed by atoms with Gasteiger partial charge in [0.05, 0.1) is 31.8 Å². The number of carboxylic acid groups (broad SMARTS) is 1. The summed E-state index contributed by atoms with van der Waals surface area (Å²) in [6, 6.07) is -8.73. The normalized spacial score (nSPS) is 16.3. The molecule has 0 aliphatic heterocycles. The Morgan fingerprint density at radius 2 is 0.934 bits per heavy atom. The minimum Gasteiger partial charge on any atom is -0.480 e. The minimum absolute atomic E-state index is 0.0881. The van der Waals surface area contributed by atoms with Gasteiger partial charge in [0.15, 0.2) is 0 Å². The summed E-state index contributed by atoms with van der Waals surface area (Å²) in [7, 11) is 0. The van der Waals surface area contributed by atoms with Crippen LogP contribution in [0.4, 0.5) is 0 Å². The lowest BCUT2D eigenvalue weighted by atomic mass is 9.96. The van der Waals surface area contributed by atoms with Gasteiger partial charge in [0, 0.05) is 0 Å². The average molecular weight is 872 g/mol. The maximum atomic E-state index is 13.7. The van der Waals surface area contributed by atoms with E-state index in [1.165, 1.54) is 6.92 Å². The molecule has 350 valence electrons. The van der Waals surface area contributed by atoms with Gasteiger partial charge in [0.25, 0.3) is 0 Å². The van der Waals surface area contributed by atoms with Gasteiger partial charge in [0.2, 0.25) is 47.3 Å². The van der Waals surface area contributed by atoms with Gasteiger partial charge in [0.1, 0.15) is 36.3 Å². The number of hydrogen-bond acceptors (Lipinski definition) is 12. The molecule has 0 bridgehead atoms. The van der Waals surface area contributed by atoms with Gasteiger partial charge in [-0.3, -0.25) is 38.4 Å². The summed E-state index contributed by atoms with van der Waals surface area (Å²) < 4.78 is 0. The second-order valence-corrected chi connectivity index (χ2v) is 16.8. The number of carboxylic acids is 1. The molecule has 0 heterocycles. The Labute approximate surface area is 359 Å². The number of carbonyl (C=O) groups is 9. The van der Waals surface area contributed by atoms with Crippen molar-refractivity contribution in [2.24, 2.45) is 35.3 Å². The zero-order valence-corrected chi connectivity index (χ0v) is 37.5. The first-order valence-corrected chi connectivity index (χ1v) is 20.9. The number of nitrogens with one attached hydrogen (secondary N) is 8. The topological polar surface area (TPSA) is 337 Å². The van der Waals surface area contributed by atoms with Crippen LogP contribution in [0.1, 0.15) is 102 Å². The maximum absolute atomic E-state index is 13.7. The molecular weight excluding hydrogens is 798 g/mol. The van der Waals surface area contributed by atoms with Crippen LogP contribution < -0.4 is 48.3 Å². The van der Waals surface area contributed by atoms with Crippen molar-refractivity contribution in [2.75, 3.05) is 19.7 Å². The fourth-order valence-corrected chi connectivity index (χ4v) is 5.89. The van der Waals surface area contributed by atoms with Crippen molar-refractivity contribution in [1.29, 1.82) is 0 Å². The summed E-state index contributed by atoms with van der Waals surface area (Å²) in [6.07, 6.45) is -0.173. The van der Waals surface area contributed by atoms with E-state index in [0.717, 1.165) is 0 Å². The van der Waals surface area contributed by atoms with Gasteiger partial charge in [-0.15, -0.1) is 0 Å². The molecule has 61 heavy (non-hydrogen) atoms. The summed E-state index contributed by atoms with van der Waals surface area (Å²) in [6.45, 7) is 16.6. The first-order valence-electron chi connectivity index (χ1n) is 20.9. The highest BCUT2D eigenvalue weighted by molar-refractivity contribution is 5.97. The average Bonchev–Trinajstić information content (AvgIpc) is 3.17. The molecule has 10 atom stereocenters. The highest BCUT2D eigenvalue weighted by atomic mass is 16.4. The number of carbonyl (C=O) groups excluding carboxylic acids is 8. The lowest BCUT2D eigenvalue weighted by Crippen LogP contribution is -2.61. The van der Waals surface area contributed by atoms with E-state index in [1.54, 1.807) is 55.4 Å². The Morgan fingerprint density at radius 3 is 1.34 bits per heavy atom. The molecule has 0 rings (SSSR count). The second-order valence-electron chi connectivity index (χ2n) is 16.8. The lowest BCUT2D eigenvalue weighted by molar-refractivity contribution is -0.144. The Hall–Kier alpha value is -4.89. The summed E-state index contributed by atoms with van der Waals surface area (Å²) in [5.74, 6) is -9.07. The fraction of sp³-hybridized carbons (Fsp3) is 0.775. The Bertz CT molecular complexity index is 1490. The number of aliphatic hydroxyl groups is 2. The molecule has 21 nitrogen and oxygen atoms in total. The fourth-order valence-electron chi connectivity index (χ4n) is 5.89. The van der Waals surface area contributed by atoms with Crippen LogP contribution >= 0.6 is 0 Å². The number of aliphatic carboxylic acids is 1. The molecule has 0 saturated heterocycles. The Kier molecular flexibility index (Phi) is 25.6. The SMILES string of the molecule is CCC(C)C(NC(=O)CNC(=O)C(CO)NC(=O)C(N)CC(C)C)C(=O)NCC(=O)NC(C(=O)NC(CC(C)C)C(=O)NC(C(=O)NC(C(=O)O)C(C)C)C(C)O)C(C)CC. The van der Waals surface area contributed by atoms with Crippen LogP contribution in [-0.4, -0.2) is 137 Å². The van der Waals surface area contributed by atoms with E-state index in [0.29, 0.717) is 19.3 Å². The molecular formula is C40H73N9O12.